The van der Waals surface area contributed by atoms with E-state index in [9.17, 15) is 14.4 Å². The first-order valence-electron chi connectivity index (χ1n) is 9.79. The van der Waals surface area contributed by atoms with Crippen molar-refractivity contribution in [3.05, 3.63) is 30.3 Å². The van der Waals surface area contributed by atoms with Crippen LogP contribution in [0.4, 0.5) is 15.3 Å². The molecule has 28 heavy (non-hydrogen) atoms. The molecule has 154 valence electrons. The highest BCUT2D eigenvalue weighted by molar-refractivity contribution is 5.94. The SMILES string of the molecule is CCNC(=O)N1CCN(C(=O)C(NC(=O)Nc2ccccc2)C(C)C)CC1C. The Bertz CT molecular complexity index is 680. The van der Waals surface area contributed by atoms with Crippen LogP contribution in [0, 0.1) is 5.92 Å². The van der Waals surface area contributed by atoms with Gasteiger partial charge in [-0.25, -0.2) is 9.59 Å². The number of carbonyl (C=O) groups excluding carboxylic acids is 3. The van der Waals surface area contributed by atoms with Gasteiger partial charge in [-0.15, -0.1) is 0 Å². The van der Waals surface area contributed by atoms with Crippen LogP contribution < -0.4 is 16.0 Å². The standard InChI is InChI=1S/C20H31N5O3/c1-5-21-20(28)25-12-11-24(13-15(25)4)18(26)17(14(2)3)23-19(27)22-16-9-7-6-8-10-16/h6-10,14-15,17H,5,11-13H2,1-4H3,(H,21,28)(H2,22,23,27). The van der Waals surface area contributed by atoms with Crippen molar-refractivity contribution in [2.45, 2.75) is 39.8 Å². The quantitative estimate of drug-likeness (QED) is 0.720. The molecule has 1 heterocycles. The maximum absolute atomic E-state index is 13.0. The molecule has 0 aromatic heterocycles. The third kappa shape index (κ3) is 5.61. The number of hydrogen-bond acceptors (Lipinski definition) is 3. The van der Waals surface area contributed by atoms with E-state index in [1.165, 1.54) is 0 Å². The molecular formula is C20H31N5O3. The molecule has 0 radical (unpaired) electrons. The molecule has 0 spiro atoms. The number of benzene rings is 1. The van der Waals surface area contributed by atoms with Crippen molar-refractivity contribution in [1.82, 2.24) is 20.4 Å². The van der Waals surface area contributed by atoms with E-state index < -0.39 is 12.1 Å². The Morgan fingerprint density at radius 3 is 2.39 bits per heavy atom. The minimum Gasteiger partial charge on any atom is -0.338 e. The van der Waals surface area contributed by atoms with Gasteiger partial charge in [-0.05, 0) is 31.9 Å². The fourth-order valence-corrected chi connectivity index (χ4v) is 3.25. The third-order valence-electron chi connectivity index (χ3n) is 4.78. The van der Waals surface area contributed by atoms with Crippen LogP contribution in [0.2, 0.25) is 0 Å². The van der Waals surface area contributed by atoms with Gasteiger partial charge in [-0.2, -0.15) is 0 Å². The highest BCUT2D eigenvalue weighted by Crippen LogP contribution is 2.14. The van der Waals surface area contributed by atoms with E-state index >= 15 is 0 Å². The van der Waals surface area contributed by atoms with Crippen LogP contribution in [0.25, 0.3) is 0 Å². The molecule has 2 atom stereocenters. The molecule has 1 aromatic rings. The first-order chi connectivity index (χ1) is 13.3. The lowest BCUT2D eigenvalue weighted by molar-refractivity contribution is -0.136. The molecule has 2 rings (SSSR count). The van der Waals surface area contributed by atoms with Gasteiger partial charge in [0.1, 0.15) is 6.04 Å². The van der Waals surface area contributed by atoms with Crippen LogP contribution in [0.5, 0.6) is 0 Å². The van der Waals surface area contributed by atoms with Gasteiger partial charge in [0.25, 0.3) is 0 Å². The zero-order chi connectivity index (χ0) is 20.7. The third-order valence-corrected chi connectivity index (χ3v) is 4.78. The van der Waals surface area contributed by atoms with Gasteiger partial charge in [-0.1, -0.05) is 32.0 Å². The molecule has 1 aliphatic rings. The van der Waals surface area contributed by atoms with Gasteiger partial charge in [0, 0.05) is 37.9 Å². The number of carbonyl (C=O) groups is 3. The van der Waals surface area contributed by atoms with Gasteiger partial charge in [0.2, 0.25) is 5.91 Å². The van der Waals surface area contributed by atoms with Gasteiger partial charge in [0.05, 0.1) is 0 Å². The highest BCUT2D eigenvalue weighted by Gasteiger charge is 2.34. The maximum atomic E-state index is 13.0. The molecule has 1 saturated heterocycles. The molecule has 1 aromatic carbocycles. The zero-order valence-corrected chi connectivity index (χ0v) is 17.1. The first kappa shape index (κ1) is 21.5. The van der Waals surface area contributed by atoms with Gasteiger partial charge in [0.15, 0.2) is 0 Å². The number of nitrogens with one attached hydrogen (secondary N) is 3. The minimum atomic E-state index is -0.632. The Hall–Kier alpha value is -2.77. The summed E-state index contributed by atoms with van der Waals surface area (Å²) in [5.41, 5.74) is 0.666. The number of para-hydroxylation sites is 1. The van der Waals surface area contributed by atoms with Gasteiger partial charge in [-0.3, -0.25) is 4.79 Å². The fourth-order valence-electron chi connectivity index (χ4n) is 3.25. The van der Waals surface area contributed by atoms with E-state index in [0.717, 1.165) is 0 Å². The average molecular weight is 390 g/mol. The van der Waals surface area contributed by atoms with Gasteiger partial charge >= 0.3 is 12.1 Å². The van der Waals surface area contributed by atoms with Crippen molar-refractivity contribution in [1.29, 1.82) is 0 Å². The van der Waals surface area contributed by atoms with Crippen LogP contribution in [0.15, 0.2) is 30.3 Å². The number of amides is 5. The van der Waals surface area contributed by atoms with Crippen LogP contribution >= 0.6 is 0 Å². The summed E-state index contributed by atoms with van der Waals surface area (Å²) < 4.78 is 0. The Morgan fingerprint density at radius 1 is 1.14 bits per heavy atom. The molecule has 3 N–H and O–H groups in total. The lowest BCUT2D eigenvalue weighted by Gasteiger charge is -2.41. The highest BCUT2D eigenvalue weighted by atomic mass is 16.2. The average Bonchev–Trinajstić information content (AvgIpc) is 2.66. The fraction of sp³-hybridized carbons (Fsp3) is 0.550. The van der Waals surface area contributed by atoms with E-state index in [1.54, 1.807) is 21.9 Å². The van der Waals surface area contributed by atoms with E-state index in [-0.39, 0.29) is 23.9 Å². The molecule has 8 nitrogen and oxygen atoms in total. The van der Waals surface area contributed by atoms with Crippen LogP contribution in [-0.4, -0.2) is 66.0 Å². The Labute approximate surface area is 166 Å². The monoisotopic (exact) mass is 389 g/mol. The molecule has 1 fully saturated rings. The van der Waals surface area contributed by atoms with Crippen molar-refractivity contribution in [3.8, 4) is 0 Å². The summed E-state index contributed by atoms with van der Waals surface area (Å²) in [5, 5.41) is 8.34. The number of hydrogen-bond donors (Lipinski definition) is 3. The van der Waals surface area contributed by atoms with Crippen molar-refractivity contribution in [2.24, 2.45) is 5.92 Å². The van der Waals surface area contributed by atoms with Crippen molar-refractivity contribution < 1.29 is 14.4 Å². The van der Waals surface area contributed by atoms with Crippen LogP contribution in [-0.2, 0) is 4.79 Å². The predicted molar refractivity (Wildman–Crippen MR) is 109 cm³/mol. The molecule has 5 amide bonds. The number of anilines is 1. The van der Waals surface area contributed by atoms with Crippen molar-refractivity contribution >= 4 is 23.7 Å². The molecule has 8 heteroatoms. The summed E-state index contributed by atoms with van der Waals surface area (Å²) in [6, 6.07) is 7.86. The Kier molecular flexibility index (Phi) is 7.66. The summed E-state index contributed by atoms with van der Waals surface area (Å²) in [5.74, 6) is -0.189. The summed E-state index contributed by atoms with van der Waals surface area (Å²) in [6.07, 6.45) is 0. The molecule has 0 aliphatic carbocycles. The normalized spacial score (nSPS) is 17.8. The summed E-state index contributed by atoms with van der Waals surface area (Å²) in [7, 11) is 0. The van der Waals surface area contributed by atoms with E-state index in [0.29, 0.717) is 31.9 Å². The summed E-state index contributed by atoms with van der Waals surface area (Å²) >= 11 is 0. The molecule has 2 unspecified atom stereocenters. The van der Waals surface area contributed by atoms with Crippen LogP contribution in [0.3, 0.4) is 0 Å². The summed E-state index contributed by atoms with van der Waals surface area (Å²) in [4.78, 5) is 40.9. The minimum absolute atomic E-state index is 0.0641. The molecule has 1 aliphatic heterocycles. The van der Waals surface area contributed by atoms with Crippen LogP contribution in [0.1, 0.15) is 27.7 Å². The lowest BCUT2D eigenvalue weighted by Crippen LogP contribution is -2.61. The van der Waals surface area contributed by atoms with E-state index in [2.05, 4.69) is 16.0 Å². The largest absolute Gasteiger partial charge is 0.338 e. The molecule has 0 saturated carbocycles. The second-order valence-corrected chi connectivity index (χ2v) is 7.35. The van der Waals surface area contributed by atoms with E-state index in [4.69, 9.17) is 0 Å². The zero-order valence-electron chi connectivity index (χ0n) is 17.1. The Morgan fingerprint density at radius 2 is 1.82 bits per heavy atom. The second kappa shape index (κ2) is 9.96. The summed E-state index contributed by atoms with van der Waals surface area (Å²) in [6.45, 7) is 9.54. The maximum Gasteiger partial charge on any atom is 0.319 e. The van der Waals surface area contributed by atoms with Gasteiger partial charge < -0.3 is 25.8 Å². The number of piperazine rings is 1. The van der Waals surface area contributed by atoms with Crippen molar-refractivity contribution in [2.75, 3.05) is 31.5 Å². The number of nitrogens with zero attached hydrogens (tertiary/aromatic N) is 2. The number of urea groups is 2. The van der Waals surface area contributed by atoms with Crippen molar-refractivity contribution in [3.63, 3.8) is 0 Å². The smallest absolute Gasteiger partial charge is 0.319 e. The molecular weight excluding hydrogens is 358 g/mol. The first-order valence-corrected chi connectivity index (χ1v) is 9.79. The predicted octanol–water partition coefficient (Wildman–Crippen LogP) is 2.09. The second-order valence-electron chi connectivity index (χ2n) is 7.35. The topological polar surface area (TPSA) is 93.8 Å². The lowest BCUT2D eigenvalue weighted by atomic mass is 10.0. The Balaban J connectivity index is 1.97. The number of rotatable bonds is 5. The molecule has 0 bridgehead atoms. The van der Waals surface area contributed by atoms with E-state index in [1.807, 2.05) is 45.9 Å².